The Balaban J connectivity index is 1.50. The van der Waals surface area contributed by atoms with Crippen molar-refractivity contribution in [3.05, 3.63) is 35.9 Å². The van der Waals surface area contributed by atoms with Gasteiger partial charge in [-0.1, -0.05) is 25.1 Å². The molecule has 2 aliphatic carbocycles. The maximum atomic E-state index is 13.0. The SMILES string of the molecule is C=C1CCCC2(C)CC3OC(=O)C(CN(CCCO)Cc4ccc(OC)c(OC)c4)C3CC12. The molecule has 1 aromatic carbocycles. The first-order valence-corrected chi connectivity index (χ1v) is 12.3. The zero-order chi connectivity index (χ0) is 23.6. The normalized spacial score (nSPS) is 31.2. The first-order valence-electron chi connectivity index (χ1n) is 12.3. The lowest BCUT2D eigenvalue weighted by molar-refractivity contribution is -0.146. The lowest BCUT2D eigenvalue weighted by Crippen LogP contribution is -2.45. The Hall–Kier alpha value is -2.05. The van der Waals surface area contributed by atoms with Crippen LogP contribution in [0.2, 0.25) is 0 Å². The molecule has 1 aromatic rings. The number of aliphatic hydroxyl groups is 1. The van der Waals surface area contributed by atoms with Crippen molar-refractivity contribution in [1.29, 1.82) is 0 Å². The van der Waals surface area contributed by atoms with Crippen molar-refractivity contribution >= 4 is 5.97 Å². The molecular weight excluding hydrogens is 418 g/mol. The Bertz CT molecular complexity index is 870. The lowest BCUT2D eigenvalue weighted by atomic mass is 9.55. The zero-order valence-electron chi connectivity index (χ0n) is 20.3. The number of fused-ring (bicyclic) bond motifs is 2. The number of benzene rings is 1. The van der Waals surface area contributed by atoms with Crippen LogP contribution in [-0.4, -0.2) is 56.0 Å². The second kappa shape index (κ2) is 10.1. The van der Waals surface area contributed by atoms with E-state index in [9.17, 15) is 9.90 Å². The van der Waals surface area contributed by atoms with Crippen LogP contribution >= 0.6 is 0 Å². The fraction of sp³-hybridized carbons (Fsp3) is 0.667. The number of esters is 1. The summed E-state index contributed by atoms with van der Waals surface area (Å²) in [6.45, 7) is 8.94. The van der Waals surface area contributed by atoms with E-state index in [0.29, 0.717) is 36.9 Å². The van der Waals surface area contributed by atoms with E-state index in [0.717, 1.165) is 31.4 Å². The minimum absolute atomic E-state index is 0.0235. The zero-order valence-corrected chi connectivity index (χ0v) is 20.3. The largest absolute Gasteiger partial charge is 0.493 e. The van der Waals surface area contributed by atoms with Crippen LogP contribution < -0.4 is 9.47 Å². The summed E-state index contributed by atoms with van der Waals surface area (Å²) in [7, 11) is 3.26. The van der Waals surface area contributed by atoms with Gasteiger partial charge in [0.2, 0.25) is 0 Å². The summed E-state index contributed by atoms with van der Waals surface area (Å²) in [5.41, 5.74) is 2.66. The van der Waals surface area contributed by atoms with Gasteiger partial charge in [0.15, 0.2) is 11.5 Å². The molecule has 3 aliphatic rings. The van der Waals surface area contributed by atoms with Gasteiger partial charge in [-0.15, -0.1) is 0 Å². The molecule has 6 heteroatoms. The molecule has 1 heterocycles. The van der Waals surface area contributed by atoms with Crippen molar-refractivity contribution < 1.29 is 24.1 Å². The first kappa shape index (κ1) is 24.1. The van der Waals surface area contributed by atoms with Gasteiger partial charge in [-0.2, -0.15) is 0 Å². The summed E-state index contributed by atoms with van der Waals surface area (Å²) >= 11 is 0. The average molecular weight is 458 g/mol. The summed E-state index contributed by atoms with van der Waals surface area (Å²) in [5, 5.41) is 9.45. The van der Waals surface area contributed by atoms with Gasteiger partial charge in [-0.3, -0.25) is 9.69 Å². The van der Waals surface area contributed by atoms with Gasteiger partial charge in [0, 0.05) is 32.2 Å². The molecule has 3 fully saturated rings. The number of hydrogen-bond donors (Lipinski definition) is 1. The minimum atomic E-state index is -0.131. The van der Waals surface area contributed by atoms with Crippen molar-refractivity contribution in [2.45, 2.75) is 58.1 Å². The number of carbonyl (C=O) groups excluding carboxylic acids is 1. The van der Waals surface area contributed by atoms with Gasteiger partial charge in [-0.05, 0) is 67.6 Å². The van der Waals surface area contributed by atoms with Gasteiger partial charge < -0.3 is 19.3 Å². The van der Waals surface area contributed by atoms with E-state index < -0.39 is 0 Å². The fourth-order valence-electron chi connectivity index (χ4n) is 6.51. The van der Waals surface area contributed by atoms with Crippen LogP contribution in [0, 0.1) is 23.2 Å². The predicted molar refractivity (Wildman–Crippen MR) is 127 cm³/mol. The molecule has 1 N–H and O–H groups in total. The van der Waals surface area contributed by atoms with Crippen molar-refractivity contribution in [2.24, 2.45) is 23.2 Å². The van der Waals surface area contributed by atoms with Crippen molar-refractivity contribution in [3.8, 4) is 11.5 Å². The highest BCUT2D eigenvalue weighted by molar-refractivity contribution is 5.75. The molecule has 1 aliphatic heterocycles. The molecule has 0 amide bonds. The average Bonchev–Trinajstić information content (AvgIpc) is 3.09. The summed E-state index contributed by atoms with van der Waals surface area (Å²) in [5.74, 6) is 1.93. The van der Waals surface area contributed by atoms with Gasteiger partial charge in [0.05, 0.1) is 20.1 Å². The number of nitrogens with zero attached hydrogens (tertiary/aromatic N) is 1. The van der Waals surface area contributed by atoms with Crippen LogP contribution in [0.15, 0.2) is 30.4 Å². The highest BCUT2D eigenvalue weighted by Gasteiger charge is 2.55. The summed E-state index contributed by atoms with van der Waals surface area (Å²) in [4.78, 5) is 15.3. The van der Waals surface area contributed by atoms with Gasteiger partial charge in [-0.25, -0.2) is 0 Å². The molecule has 0 bridgehead atoms. The predicted octanol–water partition coefficient (Wildman–Crippen LogP) is 4.20. The Kier molecular flexibility index (Phi) is 7.34. The Morgan fingerprint density at radius 2 is 2.06 bits per heavy atom. The third-order valence-corrected chi connectivity index (χ3v) is 8.26. The van der Waals surface area contributed by atoms with Gasteiger partial charge in [0.1, 0.15) is 6.10 Å². The summed E-state index contributed by atoms with van der Waals surface area (Å²) in [6, 6.07) is 5.93. The molecule has 5 atom stereocenters. The number of methoxy groups -OCH3 is 2. The Morgan fingerprint density at radius 3 is 2.79 bits per heavy atom. The second-order valence-corrected chi connectivity index (χ2v) is 10.4. The number of ether oxygens (including phenoxy) is 3. The van der Waals surface area contributed by atoms with Gasteiger partial charge in [0.25, 0.3) is 0 Å². The summed E-state index contributed by atoms with van der Waals surface area (Å²) in [6.07, 6.45) is 6.15. The molecular formula is C27H39NO5. The van der Waals surface area contributed by atoms with E-state index in [1.54, 1.807) is 14.2 Å². The minimum Gasteiger partial charge on any atom is -0.493 e. The van der Waals surface area contributed by atoms with E-state index in [1.807, 2.05) is 18.2 Å². The third kappa shape index (κ3) is 4.92. The van der Waals surface area contributed by atoms with E-state index in [4.69, 9.17) is 14.2 Å². The Morgan fingerprint density at radius 1 is 1.27 bits per heavy atom. The molecule has 33 heavy (non-hydrogen) atoms. The molecule has 182 valence electrons. The molecule has 0 aromatic heterocycles. The monoisotopic (exact) mass is 457 g/mol. The molecule has 0 spiro atoms. The fourth-order valence-corrected chi connectivity index (χ4v) is 6.51. The van der Waals surface area contributed by atoms with Crippen LogP contribution in [-0.2, 0) is 16.1 Å². The molecule has 6 nitrogen and oxygen atoms in total. The van der Waals surface area contributed by atoms with Crippen molar-refractivity contribution in [2.75, 3.05) is 33.9 Å². The van der Waals surface area contributed by atoms with E-state index in [-0.39, 0.29) is 35.9 Å². The topological polar surface area (TPSA) is 68.2 Å². The highest BCUT2D eigenvalue weighted by atomic mass is 16.6. The number of allylic oxidation sites excluding steroid dienone is 1. The third-order valence-electron chi connectivity index (χ3n) is 8.26. The van der Waals surface area contributed by atoms with Crippen LogP contribution in [0.3, 0.4) is 0 Å². The van der Waals surface area contributed by atoms with Crippen LogP contribution in [0.5, 0.6) is 11.5 Å². The smallest absolute Gasteiger partial charge is 0.310 e. The Labute approximate surface area is 197 Å². The number of aliphatic hydroxyl groups excluding tert-OH is 1. The number of carbonyl (C=O) groups is 1. The van der Waals surface area contributed by atoms with Crippen molar-refractivity contribution in [1.82, 2.24) is 4.90 Å². The molecule has 4 rings (SSSR count). The lowest BCUT2D eigenvalue weighted by Gasteiger charge is -2.50. The molecule has 5 unspecified atom stereocenters. The van der Waals surface area contributed by atoms with Crippen LogP contribution in [0.25, 0.3) is 0 Å². The van der Waals surface area contributed by atoms with Crippen molar-refractivity contribution in [3.63, 3.8) is 0 Å². The quantitative estimate of drug-likeness (QED) is 0.443. The molecule has 1 saturated heterocycles. The van der Waals surface area contributed by atoms with Gasteiger partial charge >= 0.3 is 5.97 Å². The highest BCUT2D eigenvalue weighted by Crippen LogP contribution is 2.57. The number of rotatable bonds is 9. The number of hydrogen-bond acceptors (Lipinski definition) is 6. The maximum absolute atomic E-state index is 13.0. The summed E-state index contributed by atoms with van der Waals surface area (Å²) < 4.78 is 16.8. The standard InChI is InChI=1S/C27H39NO5/c1-18-7-5-10-27(2)15-25-20(14-22(18)27)21(26(30)33-25)17-28(11-6-12-29)16-19-8-9-23(31-3)24(13-19)32-4/h8-9,13,20-22,25,29H,1,5-7,10-12,14-17H2,2-4H3. The first-order chi connectivity index (χ1) is 15.9. The van der Waals surface area contributed by atoms with Crippen LogP contribution in [0.4, 0.5) is 0 Å². The maximum Gasteiger partial charge on any atom is 0.310 e. The van der Waals surface area contributed by atoms with Crippen LogP contribution in [0.1, 0.15) is 51.0 Å². The van der Waals surface area contributed by atoms with E-state index in [2.05, 4.69) is 18.4 Å². The molecule has 0 radical (unpaired) electrons. The molecule has 2 saturated carbocycles. The van der Waals surface area contributed by atoms with E-state index in [1.165, 1.54) is 18.4 Å². The van der Waals surface area contributed by atoms with E-state index >= 15 is 0 Å². The second-order valence-electron chi connectivity index (χ2n) is 10.4.